The van der Waals surface area contributed by atoms with Gasteiger partial charge in [-0.3, -0.25) is 4.79 Å². The predicted octanol–water partition coefficient (Wildman–Crippen LogP) is 1.81. The molecule has 3 nitrogen and oxygen atoms in total. The molecule has 0 aliphatic carbocycles. The fourth-order valence-corrected chi connectivity index (χ4v) is 1.22. The Morgan fingerprint density at radius 1 is 1.47 bits per heavy atom. The van der Waals surface area contributed by atoms with Gasteiger partial charge in [-0.2, -0.15) is 0 Å². The molecule has 0 fully saturated rings. The maximum absolute atomic E-state index is 13.3. The van der Waals surface area contributed by atoms with Crippen molar-refractivity contribution in [3.8, 4) is 0 Å². The van der Waals surface area contributed by atoms with Crippen molar-refractivity contribution in [2.45, 2.75) is 13.0 Å². The van der Waals surface area contributed by atoms with E-state index in [-0.39, 0.29) is 30.6 Å². The maximum atomic E-state index is 13.3. The second-order valence-corrected chi connectivity index (χ2v) is 3.60. The highest BCUT2D eigenvalue weighted by Gasteiger charge is 2.21. The van der Waals surface area contributed by atoms with Crippen molar-refractivity contribution in [2.24, 2.45) is 5.73 Å². The van der Waals surface area contributed by atoms with Crippen LogP contribution in [0.25, 0.3) is 0 Å². The lowest BCUT2D eigenvalue weighted by molar-refractivity contribution is 0.0742. The van der Waals surface area contributed by atoms with Gasteiger partial charge in [0.05, 0.1) is 5.56 Å². The molecule has 0 saturated heterocycles. The molecule has 0 aromatic heterocycles. The number of carbonyl (C=O) groups is 1. The first-order chi connectivity index (χ1) is 7.49. The summed E-state index contributed by atoms with van der Waals surface area (Å²) in [5.41, 5.74) is 5.12. The molecule has 1 amide bonds. The first-order valence-corrected chi connectivity index (χ1v) is 4.90. The zero-order chi connectivity index (χ0) is 12.3. The van der Waals surface area contributed by atoms with Crippen LogP contribution in [0.4, 0.5) is 8.78 Å². The van der Waals surface area contributed by atoms with E-state index < -0.39 is 17.5 Å². The molecule has 1 atom stereocenters. The molecule has 1 aromatic carbocycles. The third kappa shape index (κ3) is 3.38. The molecule has 2 N–H and O–H groups in total. The fraction of sp³-hybridized carbons (Fsp3) is 0.364. The van der Waals surface area contributed by atoms with Crippen LogP contribution < -0.4 is 5.73 Å². The molecule has 0 saturated carbocycles. The van der Waals surface area contributed by atoms with Crippen LogP contribution >= 0.6 is 12.4 Å². The van der Waals surface area contributed by atoms with Crippen LogP contribution in [0, 0.1) is 11.6 Å². The van der Waals surface area contributed by atoms with Gasteiger partial charge in [-0.15, -0.1) is 12.4 Å². The van der Waals surface area contributed by atoms with Gasteiger partial charge in [-0.25, -0.2) is 8.78 Å². The van der Waals surface area contributed by atoms with Gasteiger partial charge in [0.1, 0.15) is 0 Å². The molecule has 96 valence electrons. The molecule has 6 heteroatoms. The molecule has 0 heterocycles. The summed E-state index contributed by atoms with van der Waals surface area (Å²) in [6.45, 7) is 1.99. The van der Waals surface area contributed by atoms with Crippen LogP contribution in [0.2, 0.25) is 0 Å². The van der Waals surface area contributed by atoms with Crippen LogP contribution in [-0.2, 0) is 0 Å². The van der Waals surface area contributed by atoms with E-state index in [2.05, 4.69) is 0 Å². The highest BCUT2D eigenvalue weighted by molar-refractivity contribution is 5.94. The number of benzene rings is 1. The average Bonchev–Trinajstić information content (AvgIpc) is 2.29. The predicted molar refractivity (Wildman–Crippen MR) is 64.2 cm³/mol. The molecular weight excluding hydrogens is 250 g/mol. The van der Waals surface area contributed by atoms with E-state index >= 15 is 0 Å². The number of nitrogens with zero attached hydrogens (tertiary/aromatic N) is 1. The van der Waals surface area contributed by atoms with Crippen molar-refractivity contribution in [1.29, 1.82) is 0 Å². The third-order valence-corrected chi connectivity index (χ3v) is 2.50. The smallest absolute Gasteiger partial charge is 0.256 e. The lowest BCUT2D eigenvalue weighted by atomic mass is 10.1. The lowest BCUT2D eigenvalue weighted by Crippen LogP contribution is -2.40. The Morgan fingerprint density at radius 2 is 2.06 bits per heavy atom. The summed E-state index contributed by atoms with van der Waals surface area (Å²) in [5, 5.41) is 0. The highest BCUT2D eigenvalue weighted by atomic mass is 35.5. The average molecular weight is 265 g/mol. The van der Waals surface area contributed by atoms with Crippen LogP contribution in [0.15, 0.2) is 18.2 Å². The quantitative estimate of drug-likeness (QED) is 0.905. The van der Waals surface area contributed by atoms with Gasteiger partial charge in [0.25, 0.3) is 5.91 Å². The molecule has 0 radical (unpaired) electrons. The fourth-order valence-electron chi connectivity index (χ4n) is 1.22. The van der Waals surface area contributed by atoms with E-state index in [1.165, 1.54) is 24.1 Å². The minimum atomic E-state index is -1.12. The molecule has 1 aromatic rings. The van der Waals surface area contributed by atoms with E-state index in [1.54, 1.807) is 6.92 Å². The van der Waals surface area contributed by atoms with Gasteiger partial charge in [-0.05, 0) is 19.1 Å². The number of hydrogen-bond acceptors (Lipinski definition) is 2. The Balaban J connectivity index is 0.00000256. The van der Waals surface area contributed by atoms with E-state index in [0.717, 1.165) is 6.07 Å². The number of halogens is 3. The molecule has 0 aliphatic rings. The van der Waals surface area contributed by atoms with E-state index in [4.69, 9.17) is 5.73 Å². The molecule has 1 rings (SSSR count). The molecular formula is C11H15ClF2N2O. The highest BCUT2D eigenvalue weighted by Crippen LogP contribution is 2.14. The monoisotopic (exact) mass is 264 g/mol. The van der Waals surface area contributed by atoms with Gasteiger partial charge in [0, 0.05) is 19.6 Å². The van der Waals surface area contributed by atoms with Crippen LogP contribution in [-0.4, -0.2) is 30.4 Å². The van der Waals surface area contributed by atoms with Gasteiger partial charge in [0.2, 0.25) is 0 Å². The number of hydrogen-bond donors (Lipinski definition) is 1. The van der Waals surface area contributed by atoms with E-state index in [1.807, 2.05) is 0 Å². The van der Waals surface area contributed by atoms with Crippen LogP contribution in [0.5, 0.6) is 0 Å². The summed E-state index contributed by atoms with van der Waals surface area (Å²) >= 11 is 0. The van der Waals surface area contributed by atoms with Gasteiger partial charge < -0.3 is 10.6 Å². The lowest BCUT2D eigenvalue weighted by Gasteiger charge is -2.23. The van der Waals surface area contributed by atoms with Gasteiger partial charge in [-0.1, -0.05) is 6.07 Å². The summed E-state index contributed by atoms with van der Waals surface area (Å²) in [4.78, 5) is 13.1. The molecule has 17 heavy (non-hydrogen) atoms. The Morgan fingerprint density at radius 3 is 2.59 bits per heavy atom. The molecule has 0 bridgehead atoms. The van der Waals surface area contributed by atoms with Crippen molar-refractivity contribution >= 4 is 18.3 Å². The molecule has 0 spiro atoms. The minimum Gasteiger partial charge on any atom is -0.338 e. The van der Waals surface area contributed by atoms with Crippen molar-refractivity contribution < 1.29 is 13.6 Å². The largest absolute Gasteiger partial charge is 0.338 e. The van der Waals surface area contributed by atoms with Crippen molar-refractivity contribution in [2.75, 3.05) is 13.6 Å². The first kappa shape index (κ1) is 15.8. The standard InChI is InChI=1S/C11H14F2N2O.ClH/c1-7(6-14)15(2)11(16)8-4-3-5-9(12)10(8)13;/h3-5,7H,6,14H2,1-2H3;1H. The summed E-state index contributed by atoms with van der Waals surface area (Å²) in [6, 6.07) is 3.29. The van der Waals surface area contributed by atoms with Crippen LogP contribution in [0.3, 0.4) is 0 Å². The SMILES string of the molecule is CC(CN)N(C)C(=O)c1cccc(F)c1F.Cl. The maximum Gasteiger partial charge on any atom is 0.256 e. The van der Waals surface area contributed by atoms with E-state index in [9.17, 15) is 13.6 Å². The number of likely N-dealkylation sites (N-methyl/N-ethyl adjacent to an activating group) is 1. The van der Waals surface area contributed by atoms with Crippen LogP contribution in [0.1, 0.15) is 17.3 Å². The Kier molecular flexibility index (Phi) is 6.05. The number of amides is 1. The minimum absolute atomic E-state index is 0. The summed E-state index contributed by atoms with van der Waals surface area (Å²) < 4.78 is 26.2. The molecule has 0 aliphatic heterocycles. The van der Waals surface area contributed by atoms with Crippen molar-refractivity contribution in [1.82, 2.24) is 4.90 Å². The van der Waals surface area contributed by atoms with Gasteiger partial charge >= 0.3 is 0 Å². The molecule has 1 unspecified atom stereocenters. The Hall–Kier alpha value is -1.20. The Labute approximate surface area is 105 Å². The topological polar surface area (TPSA) is 46.3 Å². The van der Waals surface area contributed by atoms with E-state index in [0.29, 0.717) is 0 Å². The number of carbonyl (C=O) groups excluding carboxylic acids is 1. The third-order valence-electron chi connectivity index (χ3n) is 2.50. The number of rotatable bonds is 3. The van der Waals surface area contributed by atoms with Crippen molar-refractivity contribution in [3.05, 3.63) is 35.4 Å². The second-order valence-electron chi connectivity index (χ2n) is 3.60. The summed E-state index contributed by atoms with van der Waals surface area (Å²) in [6.07, 6.45) is 0. The normalized spacial score (nSPS) is 11.6. The zero-order valence-corrected chi connectivity index (χ0v) is 10.4. The summed E-state index contributed by atoms with van der Waals surface area (Å²) in [7, 11) is 1.50. The van der Waals surface area contributed by atoms with Crippen molar-refractivity contribution in [3.63, 3.8) is 0 Å². The second kappa shape index (κ2) is 6.51. The van der Waals surface area contributed by atoms with Gasteiger partial charge in [0.15, 0.2) is 11.6 Å². The Bertz CT molecular complexity index is 401. The summed E-state index contributed by atoms with van der Waals surface area (Å²) in [5.74, 6) is -2.72. The number of nitrogens with two attached hydrogens (primary N) is 1. The first-order valence-electron chi connectivity index (χ1n) is 4.90. The zero-order valence-electron chi connectivity index (χ0n) is 9.61.